The molecule has 8 heteroatoms. The van der Waals surface area contributed by atoms with E-state index in [1.54, 1.807) is 13.8 Å². The van der Waals surface area contributed by atoms with Crippen LogP contribution in [0.2, 0.25) is 0 Å². The van der Waals surface area contributed by atoms with Crippen LogP contribution in [-0.4, -0.2) is 29.8 Å². The van der Waals surface area contributed by atoms with Crippen molar-refractivity contribution in [3.63, 3.8) is 0 Å². The maximum Gasteiger partial charge on any atom is 0.372 e. The van der Waals surface area contributed by atoms with Crippen LogP contribution in [0.4, 0.5) is 0 Å². The molecule has 114 valence electrons. The zero-order valence-corrected chi connectivity index (χ0v) is 12.3. The summed E-state index contributed by atoms with van der Waals surface area (Å²) in [4.78, 5) is 40.1. The fraction of sp³-hybridized carbons (Fsp3) is 0.538. The fourth-order valence-electron chi connectivity index (χ4n) is 2.47. The molecule has 0 unspecified atom stereocenters. The Labute approximate surface area is 120 Å². The van der Waals surface area contributed by atoms with Gasteiger partial charge in [0.05, 0.1) is 0 Å². The second kappa shape index (κ2) is 5.55. The number of aryl methyl sites for hydroxylation is 2. The lowest BCUT2D eigenvalue weighted by Crippen LogP contribution is -2.40. The largest absolute Gasteiger partial charge is 0.475 e. The van der Waals surface area contributed by atoms with E-state index in [0.29, 0.717) is 19.5 Å². The minimum absolute atomic E-state index is 0.149. The smallest absolute Gasteiger partial charge is 0.372 e. The number of carbonyl (C=O) groups is 1. The van der Waals surface area contributed by atoms with E-state index in [1.165, 1.54) is 9.13 Å². The van der Waals surface area contributed by atoms with E-state index in [1.807, 2.05) is 6.92 Å². The van der Waals surface area contributed by atoms with Crippen LogP contribution in [0.3, 0.4) is 0 Å². The van der Waals surface area contributed by atoms with Gasteiger partial charge in [-0.1, -0.05) is 6.92 Å². The van der Waals surface area contributed by atoms with Crippen molar-refractivity contribution in [1.82, 2.24) is 18.7 Å². The molecule has 0 bridgehead atoms. The Morgan fingerprint density at radius 1 is 1.10 bits per heavy atom. The van der Waals surface area contributed by atoms with E-state index in [0.717, 1.165) is 4.57 Å². The molecule has 8 nitrogen and oxygen atoms in total. The minimum Gasteiger partial charge on any atom is -0.475 e. The lowest BCUT2D eigenvalue weighted by molar-refractivity contribution is 0.0679. The van der Waals surface area contributed by atoms with E-state index in [9.17, 15) is 19.5 Å². The highest BCUT2D eigenvalue weighted by molar-refractivity contribution is 5.88. The van der Waals surface area contributed by atoms with Gasteiger partial charge in [0.2, 0.25) is 5.82 Å². The Hall–Kier alpha value is -2.38. The van der Waals surface area contributed by atoms with Crippen molar-refractivity contribution in [2.24, 2.45) is 0 Å². The number of aromatic nitrogens is 4. The fourth-order valence-corrected chi connectivity index (χ4v) is 2.47. The topological polar surface area (TPSA) is 99.1 Å². The molecule has 0 amide bonds. The van der Waals surface area contributed by atoms with E-state index < -0.39 is 17.2 Å². The Morgan fingerprint density at radius 3 is 2.19 bits per heavy atom. The van der Waals surface area contributed by atoms with Crippen molar-refractivity contribution in [3.8, 4) is 0 Å². The van der Waals surface area contributed by atoms with Crippen LogP contribution in [-0.2, 0) is 19.6 Å². The van der Waals surface area contributed by atoms with Gasteiger partial charge in [0.1, 0.15) is 0 Å². The molecule has 2 aromatic heterocycles. The van der Waals surface area contributed by atoms with Crippen LogP contribution in [0, 0.1) is 0 Å². The van der Waals surface area contributed by atoms with Gasteiger partial charge >= 0.3 is 11.7 Å². The second-order valence-electron chi connectivity index (χ2n) is 4.64. The molecule has 0 saturated heterocycles. The van der Waals surface area contributed by atoms with E-state index in [4.69, 9.17) is 0 Å². The average molecular weight is 294 g/mol. The molecule has 0 aromatic carbocycles. The number of aromatic carboxylic acids is 1. The normalized spacial score (nSPS) is 11.2. The van der Waals surface area contributed by atoms with Crippen LogP contribution in [0.1, 0.15) is 37.8 Å². The van der Waals surface area contributed by atoms with Gasteiger partial charge in [-0.25, -0.2) is 14.6 Å². The van der Waals surface area contributed by atoms with Gasteiger partial charge in [-0.2, -0.15) is 0 Å². The average Bonchev–Trinajstić information content (AvgIpc) is 2.83. The summed E-state index contributed by atoms with van der Waals surface area (Å²) in [6.07, 6.45) is 0.679. The van der Waals surface area contributed by atoms with Crippen LogP contribution in [0.15, 0.2) is 9.59 Å². The highest BCUT2D eigenvalue weighted by Crippen LogP contribution is 2.12. The summed E-state index contributed by atoms with van der Waals surface area (Å²) in [6, 6.07) is 0. The van der Waals surface area contributed by atoms with Crippen LogP contribution >= 0.6 is 0 Å². The summed E-state index contributed by atoms with van der Waals surface area (Å²) in [7, 11) is 0. The zero-order chi connectivity index (χ0) is 15.7. The Morgan fingerprint density at radius 2 is 1.71 bits per heavy atom. The molecular weight excluding hydrogens is 276 g/mol. The Balaban J connectivity index is 3.05. The Kier molecular flexibility index (Phi) is 3.97. The predicted octanol–water partition coefficient (Wildman–Crippen LogP) is 0.508. The molecule has 21 heavy (non-hydrogen) atoms. The molecule has 0 atom stereocenters. The molecule has 0 aliphatic carbocycles. The number of fused-ring (bicyclic) bond motifs is 1. The molecule has 0 aliphatic heterocycles. The quantitative estimate of drug-likeness (QED) is 0.866. The molecule has 0 spiro atoms. The zero-order valence-electron chi connectivity index (χ0n) is 12.3. The predicted molar refractivity (Wildman–Crippen MR) is 76.9 cm³/mol. The van der Waals surface area contributed by atoms with Gasteiger partial charge in [-0.05, 0) is 20.3 Å². The number of rotatable bonds is 5. The molecule has 2 heterocycles. The highest BCUT2D eigenvalue weighted by Gasteiger charge is 2.23. The van der Waals surface area contributed by atoms with E-state index >= 15 is 0 Å². The molecule has 0 aliphatic rings. The number of hydrogen-bond acceptors (Lipinski definition) is 4. The van der Waals surface area contributed by atoms with Gasteiger partial charge in [-0.15, -0.1) is 0 Å². The lowest BCUT2D eigenvalue weighted by Gasteiger charge is -2.09. The van der Waals surface area contributed by atoms with Crippen molar-refractivity contribution >= 4 is 17.1 Å². The first-order valence-electron chi connectivity index (χ1n) is 6.94. The molecule has 2 aromatic rings. The van der Waals surface area contributed by atoms with Crippen LogP contribution in [0.5, 0.6) is 0 Å². The number of carboxylic acid groups (broad SMARTS) is 1. The van der Waals surface area contributed by atoms with Crippen molar-refractivity contribution in [2.45, 2.75) is 46.8 Å². The molecule has 2 rings (SSSR count). The van der Waals surface area contributed by atoms with Gasteiger partial charge in [-0.3, -0.25) is 13.9 Å². The highest BCUT2D eigenvalue weighted by atomic mass is 16.4. The second-order valence-corrected chi connectivity index (χ2v) is 4.64. The van der Waals surface area contributed by atoms with Crippen molar-refractivity contribution < 1.29 is 9.90 Å². The lowest BCUT2D eigenvalue weighted by atomic mass is 10.4. The van der Waals surface area contributed by atoms with Gasteiger partial charge in [0.15, 0.2) is 11.2 Å². The molecule has 1 N–H and O–H groups in total. The van der Waals surface area contributed by atoms with E-state index in [2.05, 4.69) is 4.98 Å². The summed E-state index contributed by atoms with van der Waals surface area (Å²) in [5, 5.41) is 9.23. The summed E-state index contributed by atoms with van der Waals surface area (Å²) >= 11 is 0. The van der Waals surface area contributed by atoms with Gasteiger partial charge in [0, 0.05) is 19.6 Å². The number of hydrogen-bond donors (Lipinski definition) is 1. The van der Waals surface area contributed by atoms with Crippen molar-refractivity contribution in [2.75, 3.05) is 0 Å². The van der Waals surface area contributed by atoms with Gasteiger partial charge < -0.3 is 9.67 Å². The molecule has 0 saturated carbocycles. The Bertz CT molecular complexity index is 812. The van der Waals surface area contributed by atoms with Gasteiger partial charge in [0.25, 0.3) is 5.56 Å². The third-order valence-electron chi connectivity index (χ3n) is 3.39. The monoisotopic (exact) mass is 294 g/mol. The third-order valence-corrected chi connectivity index (χ3v) is 3.39. The summed E-state index contributed by atoms with van der Waals surface area (Å²) in [5.41, 5.74) is -0.623. The van der Waals surface area contributed by atoms with Crippen molar-refractivity contribution in [1.29, 1.82) is 0 Å². The van der Waals surface area contributed by atoms with E-state index in [-0.39, 0.29) is 23.5 Å². The first-order valence-corrected chi connectivity index (χ1v) is 6.94. The van der Waals surface area contributed by atoms with Crippen LogP contribution < -0.4 is 11.2 Å². The summed E-state index contributed by atoms with van der Waals surface area (Å²) in [6.45, 7) is 6.24. The summed E-state index contributed by atoms with van der Waals surface area (Å²) < 4.78 is 3.83. The summed E-state index contributed by atoms with van der Waals surface area (Å²) in [5.74, 6) is -1.44. The van der Waals surface area contributed by atoms with Crippen molar-refractivity contribution in [3.05, 3.63) is 26.7 Å². The standard InChI is InChI=1S/C13H18N4O4/c1-4-7-17-9-8(11(18)16(6-3)13(17)21)15(5-2)10(14-9)12(19)20/h4-7H2,1-3H3,(H,19,20). The maximum absolute atomic E-state index is 12.4. The first kappa shape index (κ1) is 15.0. The number of nitrogens with zero attached hydrogens (tertiary/aromatic N) is 4. The number of imidazole rings is 1. The molecule has 0 fully saturated rings. The molecular formula is C13H18N4O4. The SMILES string of the molecule is CCCn1c(=O)n(CC)c(=O)c2c1nc(C(=O)O)n2CC. The minimum atomic E-state index is -1.22. The van der Waals surface area contributed by atoms with Crippen LogP contribution in [0.25, 0.3) is 11.2 Å². The first-order chi connectivity index (χ1) is 9.97. The maximum atomic E-state index is 12.4. The third kappa shape index (κ3) is 2.16. The number of carboxylic acids is 1. The molecule has 0 radical (unpaired) electrons.